The first-order chi connectivity index (χ1) is 19.8. The van der Waals surface area contributed by atoms with E-state index in [1.165, 1.54) is 19.3 Å². The predicted octanol–water partition coefficient (Wildman–Crippen LogP) is 2.63. The Labute approximate surface area is 235 Å². The fourth-order valence-electron chi connectivity index (χ4n) is 4.55. The second-order valence-corrected chi connectivity index (χ2v) is 9.58. The van der Waals surface area contributed by atoms with E-state index < -0.39 is 17.7 Å². The van der Waals surface area contributed by atoms with Crippen molar-refractivity contribution in [3.63, 3.8) is 0 Å². The fraction of sp³-hybridized carbons (Fsp3) is 0.286. The Morgan fingerprint density at radius 2 is 1.95 bits per heavy atom. The number of nitrogens with zero attached hydrogens (tertiary/aromatic N) is 4. The van der Waals surface area contributed by atoms with Crippen LogP contribution in [-0.2, 0) is 9.53 Å². The number of hydrogen-bond acceptors (Lipinski definition) is 10. The lowest BCUT2D eigenvalue weighted by Crippen LogP contribution is -2.26. The average Bonchev–Trinajstić information content (AvgIpc) is 3.33. The first kappa shape index (κ1) is 27.5. The van der Waals surface area contributed by atoms with Crippen LogP contribution in [0.3, 0.4) is 0 Å². The summed E-state index contributed by atoms with van der Waals surface area (Å²) in [5, 5.41) is 15.7. The van der Waals surface area contributed by atoms with Gasteiger partial charge in [-0.1, -0.05) is 6.07 Å². The maximum atomic E-state index is 12.9. The number of nitrogens with one attached hydrogen (secondary N) is 3. The van der Waals surface area contributed by atoms with Gasteiger partial charge in [-0.05, 0) is 48.4 Å². The number of carbonyl (C=O) groups excluding carboxylic acids is 1. The van der Waals surface area contributed by atoms with Crippen LogP contribution in [0.1, 0.15) is 48.3 Å². The van der Waals surface area contributed by atoms with Crippen LogP contribution in [0, 0.1) is 12.3 Å². The lowest BCUT2D eigenvalue weighted by atomic mass is 10.0. The minimum Gasteiger partial charge on any atom is -0.490 e. The van der Waals surface area contributed by atoms with Crippen LogP contribution in [0.2, 0.25) is 0 Å². The topological polar surface area (TPSA) is 183 Å². The van der Waals surface area contributed by atoms with Crippen molar-refractivity contribution in [3.8, 4) is 17.4 Å². The van der Waals surface area contributed by atoms with Gasteiger partial charge in [-0.15, -0.1) is 9.78 Å². The fourth-order valence-corrected chi connectivity index (χ4v) is 4.55. The molecule has 3 heterocycles. The number of nitrogen functional groups attached to an aromatic ring is 1. The van der Waals surface area contributed by atoms with Crippen molar-refractivity contribution in [2.45, 2.75) is 38.8 Å². The number of aryl methyl sites for hydroxylation is 1. The van der Waals surface area contributed by atoms with Crippen LogP contribution in [-0.4, -0.2) is 55.9 Å². The molecule has 0 amide bonds. The van der Waals surface area contributed by atoms with E-state index >= 15 is 0 Å². The van der Waals surface area contributed by atoms with Gasteiger partial charge in [-0.3, -0.25) is 15.2 Å². The monoisotopic (exact) mass is 558 g/mol. The number of nitrogens with two attached hydrogens (primary N) is 1. The van der Waals surface area contributed by atoms with Crippen LogP contribution in [0.15, 0.2) is 59.7 Å². The Bertz CT molecular complexity index is 1610. The molecule has 1 saturated heterocycles. The van der Waals surface area contributed by atoms with Gasteiger partial charge in [-0.2, -0.15) is 0 Å². The summed E-state index contributed by atoms with van der Waals surface area (Å²) in [7, 11) is 0. The molecule has 41 heavy (non-hydrogen) atoms. The zero-order valence-electron chi connectivity index (χ0n) is 22.6. The number of benzene rings is 2. The smallest absolute Gasteiger partial charge is 0.350 e. The molecule has 0 radical (unpaired) electrons. The molecule has 0 spiro atoms. The molecule has 13 heteroatoms. The normalized spacial score (nSPS) is 14.3. The van der Waals surface area contributed by atoms with Gasteiger partial charge < -0.3 is 25.3 Å². The number of rotatable bonds is 9. The van der Waals surface area contributed by atoms with Gasteiger partial charge in [0.2, 0.25) is 0 Å². The summed E-state index contributed by atoms with van der Waals surface area (Å²) >= 11 is 0. The van der Waals surface area contributed by atoms with Crippen LogP contribution in [0.4, 0.5) is 5.69 Å². The highest BCUT2D eigenvalue weighted by Crippen LogP contribution is 2.32. The average molecular weight is 559 g/mol. The third-order valence-electron chi connectivity index (χ3n) is 6.36. The number of amidine groups is 1. The molecule has 0 saturated carbocycles. The number of ether oxygens (including phenoxy) is 3. The second-order valence-electron chi connectivity index (χ2n) is 9.58. The summed E-state index contributed by atoms with van der Waals surface area (Å²) in [5.74, 6) is 0.409. The molecule has 1 atom stereocenters. The standard InChI is InChI=1S/C28H30N8O5/c1-16-12-18(14-21(13-16)41-20-6-10-39-11-7-20)24(26-34-28(38)36(35-26)27-31-8-3-9-32-27)33-19-4-5-22(25(29)30)23(15-19)40-17(2)37/h3-5,8-9,12-15,20,24,33H,6-7,10-11H2,1-2H3,(H3,29,30)(H,34,35,38)/t24-/m0/s1. The molecule has 1 aliphatic heterocycles. The molecule has 2 aromatic carbocycles. The van der Waals surface area contributed by atoms with E-state index in [-0.39, 0.29) is 35.0 Å². The lowest BCUT2D eigenvalue weighted by Gasteiger charge is -2.25. The van der Waals surface area contributed by atoms with Crippen LogP contribution >= 0.6 is 0 Å². The van der Waals surface area contributed by atoms with E-state index in [4.69, 9.17) is 25.4 Å². The quantitative estimate of drug-likeness (QED) is 0.103. The Morgan fingerprint density at radius 1 is 1.20 bits per heavy atom. The van der Waals surface area contributed by atoms with Crippen LogP contribution < -0.4 is 26.2 Å². The van der Waals surface area contributed by atoms with Gasteiger partial charge in [0.05, 0.1) is 18.8 Å². The summed E-state index contributed by atoms with van der Waals surface area (Å²) in [6, 6.07) is 11.6. The summed E-state index contributed by atoms with van der Waals surface area (Å²) in [5.41, 5.74) is 7.67. The summed E-state index contributed by atoms with van der Waals surface area (Å²) < 4.78 is 18.2. The third kappa shape index (κ3) is 6.58. The van der Waals surface area contributed by atoms with Crippen LogP contribution in [0.25, 0.3) is 5.95 Å². The van der Waals surface area contributed by atoms with Gasteiger partial charge in [-0.25, -0.2) is 14.8 Å². The highest BCUT2D eigenvalue weighted by atomic mass is 16.5. The molecule has 5 N–H and O–H groups in total. The zero-order chi connectivity index (χ0) is 28.9. The molecular formula is C28H30N8O5. The number of esters is 1. The number of aromatic nitrogens is 5. The van der Waals surface area contributed by atoms with E-state index in [1.54, 1.807) is 24.3 Å². The van der Waals surface area contributed by atoms with E-state index in [0.717, 1.165) is 28.7 Å². The summed E-state index contributed by atoms with van der Waals surface area (Å²) in [6.07, 6.45) is 4.66. The molecular weight excluding hydrogens is 528 g/mol. The molecule has 13 nitrogen and oxygen atoms in total. The zero-order valence-corrected chi connectivity index (χ0v) is 22.6. The van der Waals surface area contributed by atoms with Gasteiger partial charge in [0.25, 0.3) is 5.95 Å². The van der Waals surface area contributed by atoms with E-state index in [2.05, 4.69) is 25.4 Å². The van der Waals surface area contributed by atoms with Crippen LogP contribution in [0.5, 0.6) is 11.5 Å². The van der Waals surface area contributed by atoms with Gasteiger partial charge in [0.1, 0.15) is 29.5 Å². The molecule has 0 unspecified atom stereocenters. The highest BCUT2D eigenvalue weighted by Gasteiger charge is 2.24. The predicted molar refractivity (Wildman–Crippen MR) is 150 cm³/mol. The van der Waals surface area contributed by atoms with E-state index in [1.807, 2.05) is 25.1 Å². The first-order valence-corrected chi connectivity index (χ1v) is 13.0. The molecule has 5 rings (SSSR count). The first-order valence-electron chi connectivity index (χ1n) is 13.0. The van der Waals surface area contributed by atoms with Crippen molar-refractivity contribution < 1.29 is 19.0 Å². The number of hydrogen-bond donors (Lipinski definition) is 4. The van der Waals surface area contributed by atoms with E-state index in [9.17, 15) is 9.59 Å². The Hall–Kier alpha value is -5.04. The number of anilines is 1. The van der Waals surface area contributed by atoms with Crippen molar-refractivity contribution in [3.05, 3.63) is 87.9 Å². The van der Waals surface area contributed by atoms with Gasteiger partial charge in [0, 0.05) is 43.9 Å². The van der Waals surface area contributed by atoms with Crippen molar-refractivity contribution in [2.75, 3.05) is 18.5 Å². The number of H-pyrrole nitrogens is 1. The largest absolute Gasteiger partial charge is 0.490 e. The van der Waals surface area contributed by atoms with Crippen molar-refractivity contribution in [1.29, 1.82) is 5.41 Å². The Morgan fingerprint density at radius 3 is 2.66 bits per heavy atom. The molecule has 0 bridgehead atoms. The second kappa shape index (κ2) is 12.0. The maximum absolute atomic E-state index is 12.9. The molecule has 2 aromatic heterocycles. The lowest BCUT2D eigenvalue weighted by molar-refractivity contribution is -0.131. The Kier molecular flexibility index (Phi) is 8.06. The number of aromatic amines is 1. The summed E-state index contributed by atoms with van der Waals surface area (Å²) in [4.78, 5) is 35.8. The number of carbonyl (C=O) groups is 1. The highest BCUT2D eigenvalue weighted by molar-refractivity contribution is 5.98. The maximum Gasteiger partial charge on any atom is 0.350 e. The minimum absolute atomic E-state index is 0.0319. The molecule has 1 aliphatic rings. The third-order valence-corrected chi connectivity index (χ3v) is 6.36. The van der Waals surface area contributed by atoms with E-state index in [0.29, 0.717) is 24.7 Å². The van der Waals surface area contributed by atoms with Gasteiger partial charge in [0.15, 0.2) is 5.82 Å². The van der Waals surface area contributed by atoms with Crippen molar-refractivity contribution in [2.24, 2.45) is 5.73 Å². The SMILES string of the molecule is CC(=O)Oc1cc(N[C@@H](c2cc(C)cc(OC3CCOCC3)c2)c2nn(-c3ncccn3)c(=O)[nH]2)ccc1C(=N)N. The van der Waals surface area contributed by atoms with Crippen molar-refractivity contribution >= 4 is 17.5 Å². The molecule has 1 fully saturated rings. The molecule has 4 aromatic rings. The molecule has 212 valence electrons. The van der Waals surface area contributed by atoms with Crippen molar-refractivity contribution in [1.82, 2.24) is 24.7 Å². The molecule has 0 aliphatic carbocycles. The van der Waals surface area contributed by atoms with Gasteiger partial charge >= 0.3 is 11.7 Å². The Balaban J connectivity index is 1.57. The summed E-state index contributed by atoms with van der Waals surface area (Å²) in [6.45, 7) is 4.52. The minimum atomic E-state index is -0.682.